The number of nitrogens with zero attached hydrogens (tertiary/aromatic N) is 1. The minimum Gasteiger partial charge on any atom is -0.319 e. The van der Waals surface area contributed by atoms with Crippen molar-refractivity contribution in [2.45, 2.75) is 4.90 Å². The van der Waals surface area contributed by atoms with Gasteiger partial charge < -0.3 is 5.32 Å². The molecule has 1 amide bonds. The SMILES string of the molecule is CN(c1ccc(Cl)cc1)S(=O)(=O)c1cccc(C(=O)Nc2ccc(Br)cc2F)c1. The smallest absolute Gasteiger partial charge is 0.264 e. The summed E-state index contributed by atoms with van der Waals surface area (Å²) in [6, 6.07) is 16.1. The first-order valence-corrected chi connectivity index (χ1v) is 10.9. The molecule has 0 saturated heterocycles. The molecule has 0 saturated carbocycles. The summed E-state index contributed by atoms with van der Waals surface area (Å²) in [5.41, 5.74) is 0.490. The van der Waals surface area contributed by atoms with Crippen LogP contribution in [0, 0.1) is 5.82 Å². The molecule has 0 radical (unpaired) electrons. The summed E-state index contributed by atoms with van der Waals surface area (Å²) in [7, 11) is -2.51. The Morgan fingerprint density at radius 3 is 2.41 bits per heavy atom. The lowest BCUT2D eigenvalue weighted by Gasteiger charge is -2.20. The number of hydrogen-bond donors (Lipinski definition) is 1. The molecule has 0 aromatic heterocycles. The van der Waals surface area contributed by atoms with Crippen molar-refractivity contribution in [2.75, 3.05) is 16.7 Å². The number of halogens is 3. The van der Waals surface area contributed by atoms with E-state index >= 15 is 0 Å². The van der Waals surface area contributed by atoms with E-state index in [9.17, 15) is 17.6 Å². The van der Waals surface area contributed by atoms with Crippen LogP contribution in [0.1, 0.15) is 10.4 Å². The highest BCUT2D eigenvalue weighted by atomic mass is 79.9. The van der Waals surface area contributed by atoms with Crippen molar-refractivity contribution < 1.29 is 17.6 Å². The number of sulfonamides is 1. The van der Waals surface area contributed by atoms with Crippen LogP contribution in [0.3, 0.4) is 0 Å². The Kier molecular flexibility index (Phi) is 6.26. The Morgan fingerprint density at radius 1 is 1.07 bits per heavy atom. The number of amides is 1. The maximum atomic E-state index is 14.0. The second kappa shape index (κ2) is 8.52. The van der Waals surface area contributed by atoms with Crippen molar-refractivity contribution in [3.63, 3.8) is 0 Å². The molecule has 0 aliphatic heterocycles. The van der Waals surface area contributed by atoms with Gasteiger partial charge in [0.1, 0.15) is 5.82 Å². The van der Waals surface area contributed by atoms with Gasteiger partial charge >= 0.3 is 0 Å². The van der Waals surface area contributed by atoms with Crippen molar-refractivity contribution in [1.82, 2.24) is 0 Å². The number of nitrogens with one attached hydrogen (secondary N) is 1. The van der Waals surface area contributed by atoms with Crippen LogP contribution in [0.2, 0.25) is 5.02 Å². The van der Waals surface area contributed by atoms with Gasteiger partial charge in [-0.2, -0.15) is 0 Å². The molecule has 0 aliphatic rings. The lowest BCUT2D eigenvalue weighted by Crippen LogP contribution is -2.26. The highest BCUT2D eigenvalue weighted by Crippen LogP contribution is 2.25. The van der Waals surface area contributed by atoms with Gasteiger partial charge in [0.2, 0.25) is 0 Å². The van der Waals surface area contributed by atoms with Gasteiger partial charge in [0.25, 0.3) is 15.9 Å². The van der Waals surface area contributed by atoms with E-state index in [4.69, 9.17) is 11.6 Å². The summed E-state index contributed by atoms with van der Waals surface area (Å²) in [5, 5.41) is 2.93. The number of anilines is 2. The molecule has 9 heteroatoms. The molecule has 5 nitrogen and oxygen atoms in total. The quantitative estimate of drug-likeness (QED) is 0.519. The Morgan fingerprint density at radius 2 is 1.76 bits per heavy atom. The van der Waals surface area contributed by atoms with E-state index in [0.29, 0.717) is 15.2 Å². The van der Waals surface area contributed by atoms with Crippen molar-refractivity contribution >= 4 is 54.8 Å². The van der Waals surface area contributed by atoms with E-state index in [2.05, 4.69) is 21.2 Å². The summed E-state index contributed by atoms with van der Waals surface area (Å²) < 4.78 is 41.5. The van der Waals surface area contributed by atoms with Gasteiger partial charge in [0, 0.05) is 22.1 Å². The molecule has 3 rings (SSSR count). The first kappa shape index (κ1) is 21.3. The lowest BCUT2D eigenvalue weighted by molar-refractivity contribution is 0.102. The summed E-state index contributed by atoms with van der Waals surface area (Å²) in [6.07, 6.45) is 0. The van der Waals surface area contributed by atoms with E-state index in [1.807, 2.05) is 0 Å². The van der Waals surface area contributed by atoms with Gasteiger partial charge in [-0.05, 0) is 60.7 Å². The molecule has 1 N–H and O–H groups in total. The van der Waals surface area contributed by atoms with Gasteiger partial charge in [-0.1, -0.05) is 33.6 Å². The van der Waals surface area contributed by atoms with Crippen LogP contribution in [0.25, 0.3) is 0 Å². The minimum absolute atomic E-state index is 0.00950. The van der Waals surface area contributed by atoms with E-state index in [0.717, 1.165) is 4.31 Å². The monoisotopic (exact) mass is 496 g/mol. The maximum absolute atomic E-state index is 14.0. The first-order valence-electron chi connectivity index (χ1n) is 8.29. The normalized spacial score (nSPS) is 11.2. The average Bonchev–Trinajstić information content (AvgIpc) is 2.70. The van der Waals surface area contributed by atoms with Crippen LogP contribution >= 0.6 is 27.5 Å². The molecule has 29 heavy (non-hydrogen) atoms. The van der Waals surface area contributed by atoms with E-state index < -0.39 is 21.7 Å². The van der Waals surface area contributed by atoms with Crippen molar-refractivity contribution in [3.05, 3.63) is 87.6 Å². The highest BCUT2D eigenvalue weighted by Gasteiger charge is 2.22. The first-order chi connectivity index (χ1) is 13.7. The third-order valence-corrected chi connectivity index (χ3v) is 6.65. The molecule has 0 heterocycles. The van der Waals surface area contributed by atoms with Gasteiger partial charge in [-0.25, -0.2) is 12.8 Å². The van der Waals surface area contributed by atoms with E-state index in [1.165, 1.54) is 43.4 Å². The molecule has 3 aromatic rings. The van der Waals surface area contributed by atoms with Crippen LogP contribution in [0.4, 0.5) is 15.8 Å². The third kappa shape index (κ3) is 4.77. The number of benzene rings is 3. The predicted molar refractivity (Wildman–Crippen MR) is 116 cm³/mol. The Balaban J connectivity index is 1.87. The van der Waals surface area contributed by atoms with Gasteiger partial charge in [-0.3, -0.25) is 9.10 Å². The number of carbonyl (C=O) groups is 1. The predicted octanol–water partition coefficient (Wildman–Crippen LogP) is 5.32. The molecular formula is C20H15BrClFN2O3S. The van der Waals surface area contributed by atoms with Gasteiger partial charge in [0.05, 0.1) is 16.3 Å². The van der Waals surface area contributed by atoms with Crippen LogP contribution in [0.5, 0.6) is 0 Å². The second-order valence-electron chi connectivity index (χ2n) is 6.06. The van der Waals surface area contributed by atoms with Crippen LogP contribution in [-0.4, -0.2) is 21.4 Å². The van der Waals surface area contributed by atoms with Crippen molar-refractivity contribution in [2.24, 2.45) is 0 Å². The largest absolute Gasteiger partial charge is 0.319 e. The Bertz CT molecular complexity index is 1170. The summed E-state index contributed by atoms with van der Waals surface area (Å²) >= 11 is 8.99. The Hall–Kier alpha value is -2.42. The fraction of sp³-hybridized carbons (Fsp3) is 0.0500. The van der Waals surface area contributed by atoms with Crippen LogP contribution in [-0.2, 0) is 10.0 Å². The van der Waals surface area contributed by atoms with Crippen molar-refractivity contribution in [3.8, 4) is 0 Å². The van der Waals surface area contributed by atoms with Crippen molar-refractivity contribution in [1.29, 1.82) is 0 Å². The number of rotatable bonds is 5. The average molecular weight is 498 g/mol. The van der Waals surface area contributed by atoms with Gasteiger partial charge in [-0.15, -0.1) is 0 Å². The zero-order valence-electron chi connectivity index (χ0n) is 15.1. The third-order valence-electron chi connectivity index (χ3n) is 4.12. The molecule has 0 fully saturated rings. The van der Waals surface area contributed by atoms with E-state index in [-0.39, 0.29) is 16.1 Å². The molecule has 150 valence electrons. The molecule has 3 aromatic carbocycles. The lowest BCUT2D eigenvalue weighted by atomic mass is 10.2. The fourth-order valence-electron chi connectivity index (χ4n) is 2.53. The van der Waals surface area contributed by atoms with Crippen LogP contribution < -0.4 is 9.62 Å². The highest BCUT2D eigenvalue weighted by molar-refractivity contribution is 9.10. The molecule has 0 bridgehead atoms. The van der Waals surface area contributed by atoms with Crippen LogP contribution in [0.15, 0.2) is 76.1 Å². The molecule has 0 aliphatic carbocycles. The summed E-state index contributed by atoms with van der Waals surface area (Å²) in [5.74, 6) is -1.24. The Labute approximate surface area is 181 Å². The fourth-order valence-corrected chi connectivity index (χ4v) is 4.23. The number of carbonyl (C=O) groups excluding carboxylic acids is 1. The zero-order chi connectivity index (χ0) is 21.2. The molecular weight excluding hydrogens is 483 g/mol. The molecule has 0 unspecified atom stereocenters. The molecule has 0 spiro atoms. The standard InChI is InChI=1S/C20H15BrClFN2O3S/c1-25(16-8-6-15(22)7-9-16)29(27,28)17-4-2-3-13(11-17)20(26)24-19-10-5-14(21)12-18(19)23/h2-12H,1H3,(H,24,26). The molecule has 0 atom stereocenters. The summed E-state index contributed by atoms with van der Waals surface area (Å²) in [6.45, 7) is 0. The van der Waals surface area contributed by atoms with Gasteiger partial charge in [0.15, 0.2) is 0 Å². The zero-order valence-corrected chi connectivity index (χ0v) is 18.2. The van der Waals surface area contributed by atoms with E-state index in [1.54, 1.807) is 30.3 Å². The maximum Gasteiger partial charge on any atom is 0.264 e. The minimum atomic E-state index is -3.92. The summed E-state index contributed by atoms with van der Waals surface area (Å²) in [4.78, 5) is 12.4. The number of hydrogen-bond acceptors (Lipinski definition) is 3. The second-order valence-corrected chi connectivity index (χ2v) is 9.38. The topological polar surface area (TPSA) is 66.5 Å².